The Labute approximate surface area is 202 Å². The topological polar surface area (TPSA) is 79.6 Å². The van der Waals surface area contributed by atoms with Crippen LogP contribution in [0.5, 0.6) is 0 Å². The second-order valence-corrected chi connectivity index (χ2v) is 8.87. The number of alkyl halides is 3. The van der Waals surface area contributed by atoms with E-state index in [0.29, 0.717) is 37.8 Å². The highest BCUT2D eigenvalue weighted by Gasteiger charge is 2.36. The van der Waals surface area contributed by atoms with Gasteiger partial charge in [-0.05, 0) is 58.3 Å². The Kier molecular flexibility index (Phi) is 11.3. The van der Waals surface area contributed by atoms with Crippen molar-refractivity contribution in [2.45, 2.75) is 57.3 Å². The van der Waals surface area contributed by atoms with Crippen molar-refractivity contribution in [1.82, 2.24) is 20.5 Å². The summed E-state index contributed by atoms with van der Waals surface area (Å²) in [5, 5.41) is 16.3. The van der Waals surface area contributed by atoms with Crippen molar-refractivity contribution in [2.24, 2.45) is 4.99 Å². The summed E-state index contributed by atoms with van der Waals surface area (Å²) >= 11 is 0. The molecule has 10 heteroatoms. The molecule has 1 unspecified atom stereocenters. The van der Waals surface area contributed by atoms with Crippen LogP contribution in [0, 0.1) is 26.3 Å². The van der Waals surface area contributed by atoms with E-state index >= 15 is 0 Å². The van der Waals surface area contributed by atoms with Crippen LogP contribution in [0.3, 0.4) is 0 Å². The Morgan fingerprint density at radius 2 is 1.82 bits per heavy atom. The third kappa shape index (κ3) is 7.57. The van der Waals surface area contributed by atoms with Gasteiger partial charge in [0.2, 0.25) is 6.19 Å². The summed E-state index contributed by atoms with van der Waals surface area (Å²) in [6, 6.07) is 2.77. The zero-order valence-corrected chi connectivity index (χ0v) is 20.2. The minimum absolute atomic E-state index is 0. The molecule has 4 radical (unpaired) electrons. The number of nitriles is 1. The van der Waals surface area contributed by atoms with Crippen molar-refractivity contribution in [3.8, 4) is 6.19 Å². The van der Waals surface area contributed by atoms with Crippen molar-refractivity contribution in [3.63, 3.8) is 0 Å². The lowest BCUT2D eigenvalue weighted by molar-refractivity contribution is -0.137. The fourth-order valence-corrected chi connectivity index (χ4v) is 4.30. The first-order valence-electron chi connectivity index (χ1n) is 11.2. The summed E-state index contributed by atoms with van der Waals surface area (Å²) in [6.07, 6.45) is 2.76. The maximum Gasteiger partial charge on any atom is 0.417 e. The summed E-state index contributed by atoms with van der Waals surface area (Å²) in [7, 11) is 0. The number of aromatic nitrogens is 1. The number of aliphatic imine (C=N–C) groups is 1. The first-order chi connectivity index (χ1) is 15.2. The molecule has 0 bridgehead atoms. The van der Waals surface area contributed by atoms with Gasteiger partial charge in [-0.15, -0.1) is 0 Å². The SMILES string of the molecule is CC(C)(C(=NC#N)NC1CCCCNCC1)N1CCN(c2ccc(C(F)(F)F)cn2)CC1.[CH2].[CH2]. The van der Waals surface area contributed by atoms with E-state index in [1.807, 2.05) is 11.1 Å². The van der Waals surface area contributed by atoms with Gasteiger partial charge in [-0.1, -0.05) is 21.3 Å². The standard InChI is InChI=1S/C22H32F3N7.2CH2/c1-21(2,20(29-16-26)30-18-5-3-4-9-27-10-8-18)32-13-11-31(12-14-32)19-7-6-17(15-28-19)22(23,24)25;;/h6-7,15,18,27H,3-5,8-14H2,1-2H3,(H,29,30);2*1H2. The van der Waals surface area contributed by atoms with Crippen LogP contribution < -0.4 is 15.5 Å². The number of halogens is 3. The van der Waals surface area contributed by atoms with Crippen LogP contribution in [0.15, 0.2) is 23.3 Å². The van der Waals surface area contributed by atoms with Gasteiger partial charge >= 0.3 is 6.18 Å². The first kappa shape index (κ1) is 29.7. The van der Waals surface area contributed by atoms with Crippen LogP contribution in [-0.4, -0.2) is 66.6 Å². The molecule has 3 heterocycles. The summed E-state index contributed by atoms with van der Waals surface area (Å²) in [4.78, 5) is 12.4. The third-order valence-corrected chi connectivity index (χ3v) is 6.38. The Balaban J connectivity index is 0.00000289. The molecule has 2 saturated heterocycles. The molecule has 34 heavy (non-hydrogen) atoms. The van der Waals surface area contributed by atoms with E-state index in [2.05, 4.69) is 39.4 Å². The zero-order chi connectivity index (χ0) is 23.2. The van der Waals surface area contributed by atoms with Crippen LogP contribution in [0.4, 0.5) is 19.0 Å². The largest absolute Gasteiger partial charge is 0.417 e. The number of hydrogen-bond donors (Lipinski definition) is 2. The number of amidine groups is 1. The van der Waals surface area contributed by atoms with Crippen molar-refractivity contribution in [2.75, 3.05) is 44.2 Å². The normalized spacial score (nSPS) is 20.8. The maximum atomic E-state index is 12.8. The lowest BCUT2D eigenvalue weighted by Gasteiger charge is -2.45. The molecule has 3 rings (SSSR count). The lowest BCUT2D eigenvalue weighted by Crippen LogP contribution is -2.62. The van der Waals surface area contributed by atoms with Gasteiger partial charge < -0.3 is 15.5 Å². The summed E-state index contributed by atoms with van der Waals surface area (Å²) in [5.41, 5.74) is -1.21. The number of pyridine rings is 1. The molecule has 1 aromatic rings. The van der Waals surface area contributed by atoms with Crippen LogP contribution >= 0.6 is 0 Å². The van der Waals surface area contributed by atoms with Crippen LogP contribution in [0.25, 0.3) is 0 Å². The van der Waals surface area contributed by atoms with Gasteiger partial charge in [-0.2, -0.15) is 23.4 Å². The molecule has 0 aromatic carbocycles. The molecule has 7 nitrogen and oxygen atoms in total. The molecule has 0 spiro atoms. The van der Waals surface area contributed by atoms with Gasteiger partial charge in [0.15, 0.2) is 0 Å². The van der Waals surface area contributed by atoms with Crippen molar-refractivity contribution >= 4 is 11.7 Å². The van der Waals surface area contributed by atoms with Crippen molar-refractivity contribution in [3.05, 3.63) is 38.7 Å². The molecule has 0 amide bonds. The molecular formula is C24H36F3N7. The molecule has 2 fully saturated rings. The van der Waals surface area contributed by atoms with E-state index in [4.69, 9.17) is 0 Å². The molecule has 1 aromatic heterocycles. The molecule has 0 aliphatic carbocycles. The average molecular weight is 480 g/mol. The van der Waals surface area contributed by atoms with Gasteiger partial charge in [0.05, 0.1) is 11.1 Å². The zero-order valence-electron chi connectivity index (χ0n) is 20.2. The number of nitrogens with one attached hydrogen (secondary N) is 2. The van der Waals surface area contributed by atoms with Gasteiger partial charge in [-0.3, -0.25) is 4.90 Å². The van der Waals surface area contributed by atoms with E-state index in [1.165, 1.54) is 6.07 Å². The first-order valence-corrected chi connectivity index (χ1v) is 11.2. The Morgan fingerprint density at radius 3 is 2.41 bits per heavy atom. The predicted molar refractivity (Wildman–Crippen MR) is 129 cm³/mol. The summed E-state index contributed by atoms with van der Waals surface area (Å²) < 4.78 is 38.4. The maximum absolute atomic E-state index is 12.8. The summed E-state index contributed by atoms with van der Waals surface area (Å²) in [5.74, 6) is 1.22. The minimum Gasteiger partial charge on any atom is -0.368 e. The lowest BCUT2D eigenvalue weighted by atomic mass is 9.97. The second-order valence-electron chi connectivity index (χ2n) is 8.87. The van der Waals surface area contributed by atoms with Gasteiger partial charge in [0.1, 0.15) is 11.7 Å². The van der Waals surface area contributed by atoms with Crippen LogP contribution in [-0.2, 0) is 6.18 Å². The third-order valence-electron chi connectivity index (χ3n) is 6.38. The number of rotatable bonds is 4. The molecule has 188 valence electrons. The van der Waals surface area contributed by atoms with E-state index in [-0.39, 0.29) is 20.9 Å². The molecule has 1 atom stereocenters. The summed E-state index contributed by atoms with van der Waals surface area (Å²) in [6.45, 7) is 8.75. The Bertz CT molecular complexity index is 799. The van der Waals surface area contributed by atoms with Crippen LogP contribution in [0.1, 0.15) is 45.1 Å². The molecular weight excluding hydrogens is 443 g/mol. The smallest absolute Gasteiger partial charge is 0.368 e. The number of nitrogens with zero attached hydrogens (tertiary/aromatic N) is 5. The Morgan fingerprint density at radius 1 is 1.12 bits per heavy atom. The van der Waals surface area contributed by atoms with E-state index in [0.717, 1.165) is 51.0 Å². The highest BCUT2D eigenvalue weighted by Crippen LogP contribution is 2.30. The highest BCUT2D eigenvalue weighted by atomic mass is 19.4. The molecule has 2 aliphatic rings. The monoisotopic (exact) mass is 479 g/mol. The van der Waals surface area contributed by atoms with E-state index < -0.39 is 17.3 Å². The molecule has 0 saturated carbocycles. The van der Waals surface area contributed by atoms with E-state index in [9.17, 15) is 18.4 Å². The number of piperazine rings is 1. The molecule has 2 N–H and O–H groups in total. The van der Waals surface area contributed by atoms with Gasteiger partial charge in [0.25, 0.3) is 0 Å². The van der Waals surface area contributed by atoms with Crippen LogP contribution in [0.2, 0.25) is 0 Å². The van der Waals surface area contributed by atoms with Crippen molar-refractivity contribution < 1.29 is 13.2 Å². The highest BCUT2D eigenvalue weighted by molar-refractivity contribution is 5.91. The molecule has 2 aliphatic heterocycles. The number of hydrogen-bond acceptors (Lipinski definition) is 6. The fraction of sp³-hybridized carbons (Fsp3) is 0.625. The minimum atomic E-state index is -4.38. The Hall–Kier alpha value is -2.38. The van der Waals surface area contributed by atoms with Gasteiger partial charge in [0, 0.05) is 38.4 Å². The quantitative estimate of drug-likeness (QED) is 0.390. The second kappa shape index (κ2) is 12.9. The van der Waals surface area contributed by atoms with Gasteiger partial charge in [-0.25, -0.2) is 4.98 Å². The van der Waals surface area contributed by atoms with Crippen molar-refractivity contribution in [1.29, 1.82) is 5.26 Å². The fourth-order valence-electron chi connectivity index (χ4n) is 4.30. The van der Waals surface area contributed by atoms with E-state index in [1.54, 1.807) is 0 Å². The predicted octanol–water partition coefficient (Wildman–Crippen LogP) is 3.66. The number of anilines is 1. The average Bonchev–Trinajstić information content (AvgIpc) is 2.74.